The molecule has 0 fully saturated rings. The van der Waals surface area contributed by atoms with Crippen LogP contribution in [-0.4, -0.2) is 27.2 Å². The van der Waals surface area contributed by atoms with Crippen LogP contribution in [0.15, 0.2) is 59.4 Å². The predicted octanol–water partition coefficient (Wildman–Crippen LogP) is 2.37. The van der Waals surface area contributed by atoms with Crippen molar-refractivity contribution in [1.29, 1.82) is 0 Å². The molecule has 2 aromatic heterocycles. The van der Waals surface area contributed by atoms with Crippen molar-refractivity contribution in [2.24, 2.45) is 0 Å². The fourth-order valence-corrected chi connectivity index (χ4v) is 2.64. The third-order valence-electron chi connectivity index (χ3n) is 4.00. The molecule has 2 heterocycles. The Balaban J connectivity index is 1.53. The van der Waals surface area contributed by atoms with Crippen LogP contribution in [0.25, 0.3) is 11.3 Å². The summed E-state index contributed by atoms with van der Waals surface area (Å²) in [6.45, 7) is 2.96. The first-order chi connectivity index (χ1) is 12.1. The highest BCUT2D eigenvalue weighted by Crippen LogP contribution is 2.16. The van der Waals surface area contributed by atoms with Gasteiger partial charge in [-0.25, -0.2) is 0 Å². The molecule has 25 heavy (non-hydrogen) atoms. The lowest BCUT2D eigenvalue weighted by Gasteiger charge is -2.09. The summed E-state index contributed by atoms with van der Waals surface area (Å²) >= 11 is 0. The van der Waals surface area contributed by atoms with Gasteiger partial charge in [0.15, 0.2) is 0 Å². The van der Waals surface area contributed by atoms with Crippen molar-refractivity contribution in [3.63, 3.8) is 0 Å². The van der Waals surface area contributed by atoms with E-state index < -0.39 is 0 Å². The molecule has 0 aliphatic heterocycles. The molecule has 6 heteroatoms. The number of carbonyl (C=O) groups excluding carboxylic acids is 1. The van der Waals surface area contributed by atoms with Crippen molar-refractivity contribution >= 4 is 5.91 Å². The standard InChI is InChI=1S/C19H20N4O2/c1-14-7-5-10-18(24)23(14)12-6-11-20-19(25)17-13-16(21-22-17)15-8-3-2-4-9-15/h2-5,7-10,13H,6,11-12H2,1H3,(H,20,25)(H,21,22). The van der Waals surface area contributed by atoms with E-state index in [2.05, 4.69) is 15.5 Å². The molecule has 0 atom stereocenters. The highest BCUT2D eigenvalue weighted by Gasteiger charge is 2.10. The summed E-state index contributed by atoms with van der Waals surface area (Å²) in [5, 5.41) is 9.79. The van der Waals surface area contributed by atoms with Crippen molar-refractivity contribution in [3.8, 4) is 11.3 Å². The molecule has 128 valence electrons. The van der Waals surface area contributed by atoms with Gasteiger partial charge in [-0.1, -0.05) is 36.4 Å². The SMILES string of the molecule is Cc1cccc(=O)n1CCCNC(=O)c1cc(-c2ccccc2)n[nH]1. The summed E-state index contributed by atoms with van der Waals surface area (Å²) in [6.07, 6.45) is 0.677. The van der Waals surface area contributed by atoms with Gasteiger partial charge in [0, 0.05) is 30.4 Å². The zero-order valence-corrected chi connectivity index (χ0v) is 14.0. The van der Waals surface area contributed by atoms with E-state index in [1.54, 1.807) is 22.8 Å². The van der Waals surface area contributed by atoms with E-state index in [0.29, 0.717) is 25.2 Å². The second-order valence-corrected chi connectivity index (χ2v) is 5.80. The van der Waals surface area contributed by atoms with E-state index in [9.17, 15) is 9.59 Å². The Hall–Kier alpha value is -3.15. The summed E-state index contributed by atoms with van der Waals surface area (Å²) in [5.41, 5.74) is 3.01. The number of aromatic nitrogens is 3. The molecule has 6 nitrogen and oxygen atoms in total. The minimum Gasteiger partial charge on any atom is -0.351 e. The van der Waals surface area contributed by atoms with Gasteiger partial charge in [0.05, 0.1) is 5.69 Å². The number of amides is 1. The second kappa shape index (κ2) is 7.61. The number of carbonyl (C=O) groups is 1. The smallest absolute Gasteiger partial charge is 0.269 e. The third kappa shape index (κ3) is 4.03. The van der Waals surface area contributed by atoms with Crippen LogP contribution in [0.2, 0.25) is 0 Å². The first-order valence-corrected chi connectivity index (χ1v) is 8.20. The maximum absolute atomic E-state index is 12.2. The fraction of sp³-hybridized carbons (Fsp3) is 0.211. The lowest BCUT2D eigenvalue weighted by molar-refractivity contribution is 0.0947. The summed E-state index contributed by atoms with van der Waals surface area (Å²) in [7, 11) is 0. The van der Waals surface area contributed by atoms with Gasteiger partial charge in [-0.05, 0) is 25.5 Å². The van der Waals surface area contributed by atoms with Gasteiger partial charge >= 0.3 is 0 Å². The van der Waals surface area contributed by atoms with E-state index >= 15 is 0 Å². The fourth-order valence-electron chi connectivity index (χ4n) is 2.64. The Morgan fingerprint density at radius 3 is 2.72 bits per heavy atom. The van der Waals surface area contributed by atoms with Crippen LogP contribution in [0.5, 0.6) is 0 Å². The normalized spacial score (nSPS) is 10.6. The monoisotopic (exact) mass is 336 g/mol. The van der Waals surface area contributed by atoms with E-state index in [0.717, 1.165) is 17.0 Å². The van der Waals surface area contributed by atoms with Gasteiger partial charge in [-0.3, -0.25) is 14.7 Å². The maximum atomic E-state index is 12.2. The first kappa shape index (κ1) is 16.7. The number of aromatic amines is 1. The molecule has 0 unspecified atom stereocenters. The molecule has 0 radical (unpaired) electrons. The zero-order valence-electron chi connectivity index (χ0n) is 14.0. The zero-order chi connectivity index (χ0) is 17.6. The minimum atomic E-state index is -0.202. The van der Waals surface area contributed by atoms with Crippen LogP contribution in [0.3, 0.4) is 0 Å². The van der Waals surface area contributed by atoms with Crippen LogP contribution in [0, 0.1) is 6.92 Å². The van der Waals surface area contributed by atoms with Gasteiger partial charge in [0.1, 0.15) is 5.69 Å². The summed E-state index contributed by atoms with van der Waals surface area (Å²) < 4.78 is 1.70. The molecular formula is C19H20N4O2. The molecule has 1 aromatic carbocycles. The van der Waals surface area contributed by atoms with Crippen LogP contribution < -0.4 is 10.9 Å². The summed E-state index contributed by atoms with van der Waals surface area (Å²) in [5.74, 6) is -0.202. The highest BCUT2D eigenvalue weighted by atomic mass is 16.2. The Morgan fingerprint density at radius 2 is 1.96 bits per heavy atom. The second-order valence-electron chi connectivity index (χ2n) is 5.80. The van der Waals surface area contributed by atoms with Gasteiger partial charge in [0.2, 0.25) is 0 Å². The largest absolute Gasteiger partial charge is 0.351 e. The van der Waals surface area contributed by atoms with Crippen molar-refractivity contribution in [1.82, 2.24) is 20.1 Å². The highest BCUT2D eigenvalue weighted by molar-refractivity contribution is 5.93. The molecule has 0 bridgehead atoms. The molecule has 0 saturated carbocycles. The predicted molar refractivity (Wildman–Crippen MR) is 96.4 cm³/mol. The van der Waals surface area contributed by atoms with E-state index in [4.69, 9.17) is 0 Å². The lowest BCUT2D eigenvalue weighted by Crippen LogP contribution is -2.27. The van der Waals surface area contributed by atoms with Gasteiger partial charge in [-0.2, -0.15) is 5.10 Å². The maximum Gasteiger partial charge on any atom is 0.269 e. The summed E-state index contributed by atoms with van der Waals surface area (Å²) in [6, 6.07) is 16.6. The summed E-state index contributed by atoms with van der Waals surface area (Å²) in [4.78, 5) is 24.0. The molecule has 2 N–H and O–H groups in total. The molecule has 0 aliphatic carbocycles. The number of nitrogens with one attached hydrogen (secondary N) is 2. The van der Waals surface area contributed by atoms with Gasteiger partial charge < -0.3 is 9.88 Å². The number of rotatable bonds is 6. The van der Waals surface area contributed by atoms with Gasteiger partial charge in [0.25, 0.3) is 11.5 Å². The molecule has 0 spiro atoms. The molecule has 0 saturated heterocycles. The minimum absolute atomic E-state index is 0.0209. The van der Waals surface area contributed by atoms with E-state index in [-0.39, 0.29) is 11.5 Å². The number of nitrogens with zero attached hydrogens (tertiary/aromatic N) is 2. The third-order valence-corrected chi connectivity index (χ3v) is 4.00. The van der Waals surface area contributed by atoms with E-state index in [1.807, 2.05) is 43.3 Å². The topological polar surface area (TPSA) is 79.8 Å². The molecule has 3 aromatic rings. The average Bonchev–Trinajstić information content (AvgIpc) is 3.11. The van der Waals surface area contributed by atoms with Crippen LogP contribution in [0.4, 0.5) is 0 Å². The molecular weight excluding hydrogens is 316 g/mol. The first-order valence-electron chi connectivity index (χ1n) is 8.20. The van der Waals surface area contributed by atoms with Crippen molar-refractivity contribution < 1.29 is 4.79 Å². The Labute approximate surface area is 145 Å². The van der Waals surface area contributed by atoms with Crippen LogP contribution >= 0.6 is 0 Å². The van der Waals surface area contributed by atoms with Crippen molar-refractivity contribution in [2.75, 3.05) is 6.54 Å². The van der Waals surface area contributed by atoms with Crippen molar-refractivity contribution in [3.05, 3.63) is 76.3 Å². The number of pyridine rings is 1. The Morgan fingerprint density at radius 1 is 1.16 bits per heavy atom. The molecule has 3 rings (SSSR count). The van der Waals surface area contributed by atoms with Crippen LogP contribution in [0.1, 0.15) is 22.6 Å². The number of H-pyrrole nitrogens is 1. The van der Waals surface area contributed by atoms with Crippen LogP contribution in [-0.2, 0) is 6.54 Å². The average molecular weight is 336 g/mol. The quantitative estimate of drug-likeness (QED) is 0.678. The van der Waals surface area contributed by atoms with Crippen molar-refractivity contribution in [2.45, 2.75) is 19.9 Å². The van der Waals surface area contributed by atoms with Gasteiger partial charge in [-0.15, -0.1) is 0 Å². The lowest BCUT2D eigenvalue weighted by atomic mass is 10.1. The number of hydrogen-bond donors (Lipinski definition) is 2. The number of benzene rings is 1. The van der Waals surface area contributed by atoms with E-state index in [1.165, 1.54) is 0 Å². The molecule has 1 amide bonds. The number of aryl methyl sites for hydroxylation is 1. The Kier molecular flexibility index (Phi) is 5.09. The number of hydrogen-bond acceptors (Lipinski definition) is 3. The Bertz CT molecular complexity index is 912. The molecule has 0 aliphatic rings.